The number of Topliss-reactive ketones (excluding diaryl/α,β-unsaturated/α-hetero) is 1. The van der Waals surface area contributed by atoms with Crippen molar-refractivity contribution in [1.29, 1.82) is 0 Å². The molecule has 0 N–H and O–H groups in total. The van der Waals surface area contributed by atoms with Gasteiger partial charge in [0.1, 0.15) is 5.75 Å². The van der Waals surface area contributed by atoms with Crippen LogP contribution in [0, 0.1) is 12.1 Å². The second-order valence-corrected chi connectivity index (χ2v) is 4.39. The van der Waals surface area contributed by atoms with Gasteiger partial charge < -0.3 is 9.94 Å². The molecule has 1 aromatic carbocycles. The van der Waals surface area contributed by atoms with Crippen LogP contribution in [0.25, 0.3) is 0 Å². The van der Waals surface area contributed by atoms with E-state index in [1.54, 1.807) is 18.2 Å². The maximum atomic E-state index is 11.2. The molecule has 98 valence electrons. The van der Waals surface area contributed by atoms with E-state index in [0.717, 1.165) is 5.56 Å². The molecule has 1 heterocycles. The summed E-state index contributed by atoms with van der Waals surface area (Å²) in [6.45, 7) is 3.30. The zero-order valence-corrected chi connectivity index (χ0v) is 11.1. The molecule has 19 heavy (non-hydrogen) atoms. The second-order valence-electron chi connectivity index (χ2n) is 4.01. The third kappa shape index (κ3) is 3.00. The van der Waals surface area contributed by atoms with Crippen LogP contribution in [-0.2, 0) is 0 Å². The number of carbonyl (C=O) groups excluding carboxylic acids is 1. The van der Waals surface area contributed by atoms with E-state index >= 15 is 0 Å². The number of aromatic nitrogens is 2. The van der Waals surface area contributed by atoms with E-state index < -0.39 is 0 Å². The molecule has 0 radical (unpaired) electrons. The lowest BCUT2D eigenvalue weighted by molar-refractivity contribution is -0.667. The fourth-order valence-corrected chi connectivity index (χ4v) is 1.63. The van der Waals surface area contributed by atoms with Gasteiger partial charge in [0, 0.05) is 17.7 Å². The SMILES string of the molecule is CC(=O)c1ccc(Oc2ccc(Cl)[n+]([O-])n2)c(C)c1. The van der Waals surface area contributed by atoms with E-state index in [1.807, 2.05) is 6.92 Å². The number of halogens is 1. The van der Waals surface area contributed by atoms with Gasteiger partial charge in [0.2, 0.25) is 0 Å². The topological polar surface area (TPSA) is 66.1 Å². The van der Waals surface area contributed by atoms with Crippen molar-refractivity contribution >= 4 is 17.4 Å². The Kier molecular flexibility index (Phi) is 3.66. The number of ketones is 1. The summed E-state index contributed by atoms with van der Waals surface area (Å²) >= 11 is 5.57. The monoisotopic (exact) mass is 278 g/mol. The molecule has 0 spiro atoms. The fourth-order valence-electron chi connectivity index (χ4n) is 1.52. The molecule has 0 unspecified atom stereocenters. The molecule has 0 aliphatic carbocycles. The van der Waals surface area contributed by atoms with Crippen LogP contribution in [0.2, 0.25) is 5.15 Å². The van der Waals surface area contributed by atoms with Crippen molar-refractivity contribution in [3.05, 3.63) is 51.8 Å². The predicted molar refractivity (Wildman–Crippen MR) is 69.5 cm³/mol. The predicted octanol–water partition coefficient (Wildman–Crippen LogP) is 2.67. The van der Waals surface area contributed by atoms with Crippen LogP contribution in [0.5, 0.6) is 11.6 Å². The van der Waals surface area contributed by atoms with Gasteiger partial charge in [-0.05, 0) is 54.1 Å². The molecule has 0 saturated heterocycles. The standard InChI is InChI=1S/C13H11ClN2O3/c1-8-7-10(9(2)17)3-4-11(8)19-13-6-5-12(14)16(18)15-13/h3-7H,1-2H3. The fraction of sp³-hybridized carbons (Fsp3) is 0.154. The Labute approximate surface area is 115 Å². The lowest BCUT2D eigenvalue weighted by Crippen LogP contribution is -2.32. The van der Waals surface area contributed by atoms with Gasteiger partial charge in [-0.25, -0.2) is 0 Å². The number of hydrogen-bond acceptors (Lipinski definition) is 4. The van der Waals surface area contributed by atoms with E-state index in [4.69, 9.17) is 16.3 Å². The quantitative estimate of drug-likeness (QED) is 0.492. The number of hydrogen-bond donors (Lipinski definition) is 0. The van der Waals surface area contributed by atoms with Crippen molar-refractivity contribution < 1.29 is 14.4 Å². The average Bonchev–Trinajstić information content (AvgIpc) is 2.36. The number of benzene rings is 1. The molecule has 0 fully saturated rings. The first kappa shape index (κ1) is 13.3. The Morgan fingerprint density at radius 1 is 1.37 bits per heavy atom. The van der Waals surface area contributed by atoms with Gasteiger partial charge in [-0.2, -0.15) is 0 Å². The first-order valence-electron chi connectivity index (χ1n) is 5.53. The molecule has 0 aliphatic heterocycles. The minimum absolute atomic E-state index is 0.0170. The Bertz CT molecular complexity index is 644. The summed E-state index contributed by atoms with van der Waals surface area (Å²) in [5.41, 5.74) is 1.38. The third-order valence-electron chi connectivity index (χ3n) is 2.53. The van der Waals surface area contributed by atoms with Crippen molar-refractivity contribution in [3.8, 4) is 11.6 Å². The van der Waals surface area contributed by atoms with Gasteiger partial charge in [-0.1, -0.05) is 0 Å². The molecule has 0 aliphatic rings. The maximum absolute atomic E-state index is 11.2. The lowest BCUT2D eigenvalue weighted by atomic mass is 10.1. The molecule has 0 atom stereocenters. The largest absolute Gasteiger partial charge is 0.593 e. The van der Waals surface area contributed by atoms with E-state index in [0.29, 0.717) is 11.3 Å². The van der Waals surface area contributed by atoms with Crippen molar-refractivity contribution in [2.45, 2.75) is 13.8 Å². The zero-order chi connectivity index (χ0) is 14.0. The summed E-state index contributed by atoms with van der Waals surface area (Å²) in [6.07, 6.45) is 0. The van der Waals surface area contributed by atoms with Crippen LogP contribution < -0.4 is 9.58 Å². The minimum atomic E-state index is -0.0315. The molecule has 1 aromatic heterocycles. The zero-order valence-electron chi connectivity index (χ0n) is 10.4. The van der Waals surface area contributed by atoms with Gasteiger partial charge in [0.05, 0.1) is 5.10 Å². The van der Waals surface area contributed by atoms with Gasteiger partial charge >= 0.3 is 5.15 Å². The Morgan fingerprint density at radius 2 is 2.11 bits per heavy atom. The Balaban J connectivity index is 2.28. The number of carbonyl (C=O) groups is 1. The van der Waals surface area contributed by atoms with Gasteiger partial charge in [0.15, 0.2) is 5.78 Å². The van der Waals surface area contributed by atoms with E-state index in [-0.39, 0.29) is 21.7 Å². The second kappa shape index (κ2) is 5.24. The van der Waals surface area contributed by atoms with Crippen molar-refractivity contribution in [1.82, 2.24) is 5.10 Å². The molecule has 0 saturated carbocycles. The van der Waals surface area contributed by atoms with Gasteiger partial charge in [-0.15, -0.1) is 0 Å². The Morgan fingerprint density at radius 3 is 2.68 bits per heavy atom. The summed E-state index contributed by atoms with van der Waals surface area (Å²) in [5, 5.41) is 14.8. The summed E-state index contributed by atoms with van der Waals surface area (Å²) in [4.78, 5) is 11.5. The number of aryl methyl sites for hydroxylation is 1. The van der Waals surface area contributed by atoms with E-state index in [9.17, 15) is 10.0 Å². The van der Waals surface area contributed by atoms with E-state index in [1.165, 1.54) is 19.1 Å². The highest BCUT2D eigenvalue weighted by atomic mass is 35.5. The molecular formula is C13H11ClN2O3. The van der Waals surface area contributed by atoms with Crippen molar-refractivity contribution in [2.24, 2.45) is 0 Å². The summed E-state index contributed by atoms with van der Waals surface area (Å²) in [6, 6.07) is 7.94. The summed E-state index contributed by atoms with van der Waals surface area (Å²) in [5.74, 6) is 0.648. The van der Waals surface area contributed by atoms with Crippen LogP contribution >= 0.6 is 11.6 Å². The minimum Gasteiger partial charge on any atom is -0.593 e. The van der Waals surface area contributed by atoms with Gasteiger partial charge in [0.25, 0.3) is 5.88 Å². The number of rotatable bonds is 3. The first-order chi connectivity index (χ1) is 8.97. The van der Waals surface area contributed by atoms with Gasteiger partial charge in [-0.3, -0.25) is 4.79 Å². The third-order valence-corrected chi connectivity index (χ3v) is 2.80. The highest BCUT2D eigenvalue weighted by Gasteiger charge is 2.10. The van der Waals surface area contributed by atoms with Crippen LogP contribution in [-0.4, -0.2) is 10.9 Å². The smallest absolute Gasteiger partial charge is 0.313 e. The van der Waals surface area contributed by atoms with E-state index in [2.05, 4.69) is 5.10 Å². The molecule has 0 amide bonds. The molecule has 2 rings (SSSR count). The number of nitrogens with zero attached hydrogens (tertiary/aromatic N) is 2. The van der Waals surface area contributed by atoms with Crippen LogP contribution in [0.4, 0.5) is 0 Å². The highest BCUT2D eigenvalue weighted by Crippen LogP contribution is 2.24. The normalized spacial score (nSPS) is 10.3. The lowest BCUT2D eigenvalue weighted by Gasteiger charge is -2.08. The summed E-state index contributed by atoms with van der Waals surface area (Å²) in [7, 11) is 0. The first-order valence-corrected chi connectivity index (χ1v) is 5.91. The maximum Gasteiger partial charge on any atom is 0.313 e. The Hall–Kier alpha value is -2.14. The molecule has 2 aromatic rings. The molecule has 5 nitrogen and oxygen atoms in total. The van der Waals surface area contributed by atoms with Crippen LogP contribution in [0.15, 0.2) is 30.3 Å². The van der Waals surface area contributed by atoms with Crippen molar-refractivity contribution in [2.75, 3.05) is 0 Å². The van der Waals surface area contributed by atoms with Crippen LogP contribution in [0.3, 0.4) is 0 Å². The molecule has 0 bridgehead atoms. The molecule has 6 heteroatoms. The summed E-state index contributed by atoms with van der Waals surface area (Å²) < 4.78 is 5.48. The highest BCUT2D eigenvalue weighted by molar-refractivity contribution is 6.28. The molecular weight excluding hydrogens is 268 g/mol. The van der Waals surface area contributed by atoms with Crippen LogP contribution in [0.1, 0.15) is 22.8 Å². The number of ether oxygens (including phenoxy) is 1. The van der Waals surface area contributed by atoms with Crippen molar-refractivity contribution in [3.63, 3.8) is 0 Å². The average molecular weight is 279 g/mol.